The van der Waals surface area contributed by atoms with Crippen molar-refractivity contribution in [3.05, 3.63) is 29.8 Å². The van der Waals surface area contributed by atoms with Crippen LogP contribution in [0, 0.1) is 11.3 Å². The molecule has 2 atom stereocenters. The van der Waals surface area contributed by atoms with Gasteiger partial charge in [-0.3, -0.25) is 4.79 Å². The fourth-order valence-electron chi connectivity index (χ4n) is 3.26. The van der Waals surface area contributed by atoms with Gasteiger partial charge in [-0.2, -0.15) is 0 Å². The molecule has 1 amide bonds. The van der Waals surface area contributed by atoms with Gasteiger partial charge in [0.2, 0.25) is 5.91 Å². The van der Waals surface area contributed by atoms with Crippen molar-refractivity contribution >= 4 is 11.6 Å². The van der Waals surface area contributed by atoms with E-state index in [1.807, 2.05) is 19.2 Å². The van der Waals surface area contributed by atoms with Gasteiger partial charge in [0, 0.05) is 17.6 Å². The number of rotatable bonds is 4. The maximum Gasteiger partial charge on any atom is 0.228 e. The molecule has 21 heavy (non-hydrogen) atoms. The Morgan fingerprint density at radius 3 is 2.76 bits per heavy atom. The van der Waals surface area contributed by atoms with Crippen LogP contribution in [-0.2, 0) is 4.79 Å². The Hall–Kier alpha value is -1.35. The van der Waals surface area contributed by atoms with E-state index in [0.717, 1.165) is 18.5 Å². The lowest BCUT2D eigenvalue weighted by Crippen LogP contribution is -2.37. The molecule has 1 aliphatic rings. The number of benzene rings is 1. The summed E-state index contributed by atoms with van der Waals surface area (Å²) in [7, 11) is 1.94. The molecule has 0 heterocycles. The summed E-state index contributed by atoms with van der Waals surface area (Å²) in [5, 5.41) is 6.35. The third-order valence-corrected chi connectivity index (χ3v) is 4.91. The second kappa shape index (κ2) is 6.61. The average Bonchev–Trinajstić information content (AvgIpc) is 2.46. The van der Waals surface area contributed by atoms with Crippen molar-refractivity contribution in [2.75, 3.05) is 12.4 Å². The van der Waals surface area contributed by atoms with Crippen molar-refractivity contribution in [2.24, 2.45) is 11.3 Å². The number of carbonyl (C=O) groups excluding carboxylic acids is 1. The third-order valence-electron chi connectivity index (χ3n) is 4.91. The number of carbonyl (C=O) groups is 1. The molecule has 2 rings (SSSR count). The second-order valence-electron chi connectivity index (χ2n) is 6.91. The zero-order valence-electron chi connectivity index (χ0n) is 13.7. The predicted octanol–water partition coefficient (Wildman–Crippen LogP) is 4.12. The molecule has 1 aliphatic carbocycles. The lowest BCUT2D eigenvalue weighted by atomic mass is 9.68. The van der Waals surface area contributed by atoms with Gasteiger partial charge in [-0.15, -0.1) is 0 Å². The normalized spacial score (nSPS) is 22.6. The van der Waals surface area contributed by atoms with Crippen molar-refractivity contribution in [3.63, 3.8) is 0 Å². The average molecular weight is 288 g/mol. The molecular formula is C18H28N2O. The van der Waals surface area contributed by atoms with Gasteiger partial charge >= 0.3 is 0 Å². The summed E-state index contributed by atoms with van der Waals surface area (Å²) >= 11 is 0. The number of nitrogens with one attached hydrogen (secondary N) is 2. The molecule has 0 spiro atoms. The maximum absolute atomic E-state index is 12.6. The van der Waals surface area contributed by atoms with Crippen LogP contribution in [0.1, 0.15) is 58.1 Å². The minimum absolute atomic E-state index is 0.109. The molecule has 2 unspecified atom stereocenters. The topological polar surface area (TPSA) is 41.1 Å². The minimum atomic E-state index is 0.109. The highest BCUT2D eigenvalue weighted by Gasteiger charge is 2.37. The van der Waals surface area contributed by atoms with E-state index >= 15 is 0 Å². The summed E-state index contributed by atoms with van der Waals surface area (Å²) in [6.07, 6.45) is 4.55. The first-order valence-corrected chi connectivity index (χ1v) is 8.02. The smallest absolute Gasteiger partial charge is 0.228 e. The lowest BCUT2D eigenvalue weighted by Gasteiger charge is -2.37. The van der Waals surface area contributed by atoms with Crippen molar-refractivity contribution in [2.45, 2.75) is 52.5 Å². The first-order chi connectivity index (χ1) is 9.94. The highest BCUT2D eigenvalue weighted by molar-refractivity contribution is 5.93. The summed E-state index contributed by atoms with van der Waals surface area (Å²) in [5.41, 5.74) is 2.21. The molecule has 1 fully saturated rings. The highest BCUT2D eigenvalue weighted by Crippen LogP contribution is 2.41. The number of hydrogen-bond donors (Lipinski definition) is 2. The van der Waals surface area contributed by atoms with Gasteiger partial charge in [0.25, 0.3) is 0 Å². The van der Waals surface area contributed by atoms with Crippen LogP contribution in [-0.4, -0.2) is 13.0 Å². The Bertz CT molecular complexity index is 496. The molecule has 1 saturated carbocycles. The number of anilines is 1. The van der Waals surface area contributed by atoms with Crippen LogP contribution in [0.15, 0.2) is 24.3 Å². The highest BCUT2D eigenvalue weighted by atomic mass is 16.1. The monoisotopic (exact) mass is 288 g/mol. The number of hydrogen-bond acceptors (Lipinski definition) is 2. The first-order valence-electron chi connectivity index (χ1n) is 8.02. The summed E-state index contributed by atoms with van der Waals surface area (Å²) in [6, 6.07) is 8.41. The summed E-state index contributed by atoms with van der Waals surface area (Å²) in [5.74, 6) is 0.297. The number of amides is 1. The van der Waals surface area contributed by atoms with Gasteiger partial charge < -0.3 is 10.6 Å². The maximum atomic E-state index is 12.6. The standard InChI is InChI=1S/C18H28N2O/c1-13(19-4)14-8-7-9-15(12-14)20-17(21)16-10-5-6-11-18(16,2)3/h7-9,12-13,16,19H,5-6,10-11H2,1-4H3,(H,20,21). The van der Waals surface area contributed by atoms with Crippen LogP contribution >= 0.6 is 0 Å². The molecule has 1 aromatic rings. The van der Waals surface area contributed by atoms with Crippen LogP contribution in [0.3, 0.4) is 0 Å². The SMILES string of the molecule is CNC(C)c1cccc(NC(=O)C2CCCCC2(C)C)c1. The fraction of sp³-hybridized carbons (Fsp3) is 0.611. The van der Waals surface area contributed by atoms with Gasteiger partial charge in [-0.05, 0) is 49.9 Å². The van der Waals surface area contributed by atoms with Crippen LogP contribution in [0.4, 0.5) is 5.69 Å². The Morgan fingerprint density at radius 1 is 1.33 bits per heavy atom. The largest absolute Gasteiger partial charge is 0.326 e. The third kappa shape index (κ3) is 3.85. The van der Waals surface area contributed by atoms with Crippen molar-refractivity contribution in [3.8, 4) is 0 Å². The van der Waals surface area contributed by atoms with Crippen molar-refractivity contribution in [1.82, 2.24) is 5.32 Å². The first kappa shape index (κ1) is 16.0. The van der Waals surface area contributed by atoms with Gasteiger partial charge in [0.1, 0.15) is 0 Å². The molecular weight excluding hydrogens is 260 g/mol. The summed E-state index contributed by atoms with van der Waals surface area (Å²) in [4.78, 5) is 12.6. The van der Waals surface area contributed by atoms with E-state index < -0.39 is 0 Å². The minimum Gasteiger partial charge on any atom is -0.326 e. The summed E-state index contributed by atoms with van der Waals surface area (Å²) < 4.78 is 0. The molecule has 116 valence electrons. The van der Waals surface area contributed by atoms with Gasteiger partial charge in [-0.1, -0.05) is 38.8 Å². The fourth-order valence-corrected chi connectivity index (χ4v) is 3.26. The zero-order valence-corrected chi connectivity index (χ0v) is 13.7. The van der Waals surface area contributed by atoms with Crippen LogP contribution in [0.25, 0.3) is 0 Å². The summed E-state index contributed by atoms with van der Waals surface area (Å²) in [6.45, 7) is 6.55. The molecule has 0 saturated heterocycles. The van der Waals surface area contributed by atoms with Gasteiger partial charge in [0.05, 0.1) is 0 Å². The Labute approximate surface area is 128 Å². The van der Waals surface area contributed by atoms with E-state index in [9.17, 15) is 4.79 Å². The van der Waals surface area contributed by atoms with Gasteiger partial charge in [0.15, 0.2) is 0 Å². The molecule has 2 N–H and O–H groups in total. The molecule has 0 aromatic heterocycles. The van der Waals surface area contributed by atoms with Gasteiger partial charge in [-0.25, -0.2) is 0 Å². The molecule has 3 nitrogen and oxygen atoms in total. The van der Waals surface area contributed by atoms with E-state index in [4.69, 9.17) is 0 Å². The predicted molar refractivity (Wildman–Crippen MR) is 88.3 cm³/mol. The Balaban J connectivity index is 2.09. The van der Waals surface area contributed by atoms with Crippen molar-refractivity contribution < 1.29 is 4.79 Å². The van der Waals surface area contributed by atoms with Crippen LogP contribution in [0.5, 0.6) is 0 Å². The Kier molecular flexibility index (Phi) is 5.04. The van der Waals surface area contributed by atoms with Crippen LogP contribution < -0.4 is 10.6 Å². The molecule has 0 bridgehead atoms. The van der Waals surface area contributed by atoms with E-state index in [0.29, 0.717) is 0 Å². The van der Waals surface area contributed by atoms with Crippen LogP contribution in [0.2, 0.25) is 0 Å². The quantitative estimate of drug-likeness (QED) is 0.875. The van der Waals surface area contributed by atoms with E-state index in [2.05, 4.69) is 43.5 Å². The Morgan fingerprint density at radius 2 is 2.10 bits per heavy atom. The van der Waals surface area contributed by atoms with E-state index in [1.54, 1.807) is 0 Å². The molecule has 3 heteroatoms. The van der Waals surface area contributed by atoms with E-state index in [-0.39, 0.29) is 23.3 Å². The second-order valence-corrected chi connectivity index (χ2v) is 6.91. The van der Waals surface area contributed by atoms with E-state index in [1.165, 1.54) is 18.4 Å². The lowest BCUT2D eigenvalue weighted by molar-refractivity contribution is -0.124. The molecule has 0 aliphatic heterocycles. The zero-order chi connectivity index (χ0) is 15.5. The van der Waals surface area contributed by atoms with Crippen molar-refractivity contribution in [1.29, 1.82) is 0 Å². The molecule has 1 aromatic carbocycles. The molecule has 0 radical (unpaired) electrons.